The average Bonchev–Trinajstić information content (AvgIpc) is 3.47. The Labute approximate surface area is 182 Å². The monoisotopic (exact) mass is 447 g/mol. The molecule has 170 valence electrons. The SMILES string of the molecule is OC1C(n2cnc3c(NC4COC(F)C4)ncnc32)OC(CCc2ccccc2F)[C@H]1O. The van der Waals surface area contributed by atoms with Crippen LogP contribution in [-0.2, 0) is 15.9 Å². The molecule has 2 aliphatic rings. The van der Waals surface area contributed by atoms with Gasteiger partial charge in [-0.05, 0) is 24.5 Å². The fourth-order valence-corrected chi connectivity index (χ4v) is 4.21. The standard InChI is InChI=1S/C21H23F2N5O4/c22-13-4-2-1-3-11(13)5-6-14-17(29)18(30)21(32-14)28-10-26-16-19(24-9-25-20(16)28)27-12-7-15(23)31-8-12/h1-4,9-10,12,14-15,17-18,21,29-30H,5-8H2,(H,24,25,27)/t12?,14?,15?,17-,18?,21?/m1/s1. The van der Waals surface area contributed by atoms with Gasteiger partial charge < -0.3 is 25.0 Å². The number of aryl methyl sites for hydroxylation is 1. The van der Waals surface area contributed by atoms with Crippen LogP contribution in [0.4, 0.5) is 14.6 Å². The van der Waals surface area contributed by atoms with Crippen molar-refractivity contribution in [2.75, 3.05) is 11.9 Å². The van der Waals surface area contributed by atoms with E-state index in [-0.39, 0.29) is 24.9 Å². The number of imidazole rings is 1. The molecule has 1 aromatic carbocycles. The molecular weight excluding hydrogens is 424 g/mol. The number of benzene rings is 1. The number of hydrogen-bond donors (Lipinski definition) is 3. The number of alkyl halides is 1. The van der Waals surface area contributed by atoms with E-state index in [9.17, 15) is 19.0 Å². The molecule has 5 unspecified atom stereocenters. The van der Waals surface area contributed by atoms with Crippen LogP contribution in [0.2, 0.25) is 0 Å². The summed E-state index contributed by atoms with van der Waals surface area (Å²) in [6.07, 6.45) is -1.63. The lowest BCUT2D eigenvalue weighted by Gasteiger charge is -2.17. The molecule has 2 saturated heterocycles. The number of hydrogen-bond acceptors (Lipinski definition) is 8. The van der Waals surface area contributed by atoms with Crippen molar-refractivity contribution in [2.45, 2.75) is 56.2 Å². The van der Waals surface area contributed by atoms with Gasteiger partial charge in [-0.25, -0.2) is 23.7 Å². The van der Waals surface area contributed by atoms with Crippen molar-refractivity contribution in [3.63, 3.8) is 0 Å². The predicted octanol–water partition coefficient (Wildman–Crippen LogP) is 1.71. The maximum absolute atomic E-state index is 13.9. The van der Waals surface area contributed by atoms with Gasteiger partial charge in [0.25, 0.3) is 0 Å². The molecule has 0 bridgehead atoms. The predicted molar refractivity (Wildman–Crippen MR) is 109 cm³/mol. The number of nitrogens with one attached hydrogen (secondary N) is 1. The summed E-state index contributed by atoms with van der Waals surface area (Å²) in [5.41, 5.74) is 1.34. The summed E-state index contributed by atoms with van der Waals surface area (Å²) in [5, 5.41) is 24.3. The fourth-order valence-electron chi connectivity index (χ4n) is 4.21. The molecule has 6 atom stereocenters. The van der Waals surface area contributed by atoms with Gasteiger partial charge in [-0.1, -0.05) is 18.2 Å². The maximum atomic E-state index is 13.9. The summed E-state index contributed by atoms with van der Waals surface area (Å²) in [6.45, 7) is 0.216. The van der Waals surface area contributed by atoms with Gasteiger partial charge in [0.2, 0.25) is 6.36 Å². The number of aromatic nitrogens is 4. The first-order valence-corrected chi connectivity index (χ1v) is 10.5. The third-order valence-corrected chi connectivity index (χ3v) is 5.92. The molecule has 5 rings (SSSR count). The minimum absolute atomic E-state index is 0.201. The Bertz CT molecular complexity index is 1100. The zero-order chi connectivity index (χ0) is 22.2. The van der Waals surface area contributed by atoms with Crippen molar-refractivity contribution >= 4 is 17.0 Å². The minimum Gasteiger partial charge on any atom is -0.388 e. The van der Waals surface area contributed by atoms with Crippen molar-refractivity contribution in [3.8, 4) is 0 Å². The fraction of sp³-hybridized carbons (Fsp3) is 0.476. The van der Waals surface area contributed by atoms with E-state index in [1.165, 1.54) is 23.3 Å². The second kappa shape index (κ2) is 8.66. The Morgan fingerprint density at radius 2 is 2.00 bits per heavy atom. The van der Waals surface area contributed by atoms with Gasteiger partial charge in [0.1, 0.15) is 24.4 Å². The van der Waals surface area contributed by atoms with Crippen molar-refractivity contribution in [3.05, 3.63) is 48.3 Å². The highest BCUT2D eigenvalue weighted by molar-refractivity contribution is 5.82. The third-order valence-electron chi connectivity index (χ3n) is 5.92. The lowest BCUT2D eigenvalue weighted by molar-refractivity contribution is -0.0368. The van der Waals surface area contributed by atoms with Gasteiger partial charge in [0.15, 0.2) is 23.2 Å². The Morgan fingerprint density at radius 1 is 1.16 bits per heavy atom. The highest BCUT2D eigenvalue weighted by Gasteiger charge is 2.44. The number of fused-ring (bicyclic) bond motifs is 1. The minimum atomic E-state index is -1.31. The van der Waals surface area contributed by atoms with Crippen LogP contribution in [0.5, 0.6) is 0 Å². The molecule has 2 aliphatic heterocycles. The van der Waals surface area contributed by atoms with E-state index in [1.54, 1.807) is 18.2 Å². The first kappa shape index (κ1) is 21.1. The van der Waals surface area contributed by atoms with E-state index < -0.39 is 30.9 Å². The summed E-state index contributed by atoms with van der Waals surface area (Å²) in [5.74, 6) is 0.0988. The van der Waals surface area contributed by atoms with Crippen molar-refractivity contribution in [1.29, 1.82) is 0 Å². The first-order valence-electron chi connectivity index (χ1n) is 10.5. The van der Waals surface area contributed by atoms with Crippen LogP contribution in [0.25, 0.3) is 11.2 Å². The van der Waals surface area contributed by atoms with Crippen LogP contribution in [-0.4, -0.2) is 67.1 Å². The number of ether oxygens (including phenoxy) is 2. The van der Waals surface area contributed by atoms with E-state index in [2.05, 4.69) is 20.3 Å². The Kier molecular flexibility index (Phi) is 5.72. The number of rotatable bonds is 6. The number of aliphatic hydroxyl groups excluding tert-OH is 2. The summed E-state index contributed by atoms with van der Waals surface area (Å²) >= 11 is 0. The largest absolute Gasteiger partial charge is 0.388 e. The van der Waals surface area contributed by atoms with Gasteiger partial charge >= 0.3 is 0 Å². The zero-order valence-electron chi connectivity index (χ0n) is 17.0. The van der Waals surface area contributed by atoms with Gasteiger partial charge in [-0.15, -0.1) is 0 Å². The van der Waals surface area contributed by atoms with Gasteiger partial charge in [-0.2, -0.15) is 0 Å². The van der Waals surface area contributed by atoms with Crippen molar-refractivity contribution in [2.24, 2.45) is 0 Å². The molecule has 0 aliphatic carbocycles. The summed E-state index contributed by atoms with van der Waals surface area (Å²) in [4.78, 5) is 12.8. The van der Waals surface area contributed by atoms with Crippen LogP contribution in [0.3, 0.4) is 0 Å². The molecule has 2 fully saturated rings. The molecule has 0 saturated carbocycles. The van der Waals surface area contributed by atoms with E-state index in [0.29, 0.717) is 35.4 Å². The highest BCUT2D eigenvalue weighted by atomic mass is 19.1. The first-order chi connectivity index (χ1) is 15.5. The Morgan fingerprint density at radius 3 is 2.78 bits per heavy atom. The third kappa shape index (κ3) is 3.92. The summed E-state index contributed by atoms with van der Waals surface area (Å²) in [7, 11) is 0. The van der Waals surface area contributed by atoms with Crippen LogP contribution in [0.1, 0.15) is 24.6 Å². The maximum Gasteiger partial charge on any atom is 0.200 e. The average molecular weight is 447 g/mol. The molecule has 3 aromatic rings. The lowest BCUT2D eigenvalue weighted by atomic mass is 10.0. The second-order valence-corrected chi connectivity index (χ2v) is 8.04. The molecular formula is C21H23F2N5O4. The quantitative estimate of drug-likeness (QED) is 0.523. The van der Waals surface area contributed by atoms with Crippen LogP contribution < -0.4 is 5.32 Å². The number of nitrogens with zero attached hydrogens (tertiary/aromatic N) is 4. The summed E-state index contributed by atoms with van der Waals surface area (Å²) < 4.78 is 39.6. The van der Waals surface area contributed by atoms with Crippen molar-refractivity contribution in [1.82, 2.24) is 19.5 Å². The molecule has 9 nitrogen and oxygen atoms in total. The van der Waals surface area contributed by atoms with E-state index in [4.69, 9.17) is 9.47 Å². The smallest absolute Gasteiger partial charge is 0.200 e. The number of halogens is 2. The van der Waals surface area contributed by atoms with Crippen LogP contribution in [0.15, 0.2) is 36.9 Å². The molecule has 4 heterocycles. The second-order valence-electron chi connectivity index (χ2n) is 8.04. The van der Waals surface area contributed by atoms with Crippen molar-refractivity contribution < 1.29 is 28.5 Å². The van der Waals surface area contributed by atoms with E-state index >= 15 is 0 Å². The normalized spacial score (nSPS) is 30.2. The number of anilines is 1. The van der Waals surface area contributed by atoms with Crippen LogP contribution in [0, 0.1) is 5.82 Å². The Hall–Kier alpha value is -2.73. The zero-order valence-corrected chi connectivity index (χ0v) is 17.0. The van der Waals surface area contributed by atoms with Gasteiger partial charge in [0, 0.05) is 6.42 Å². The summed E-state index contributed by atoms with van der Waals surface area (Å²) in [6, 6.07) is 6.18. The van der Waals surface area contributed by atoms with Gasteiger partial charge in [0.05, 0.1) is 25.1 Å². The Balaban J connectivity index is 1.33. The van der Waals surface area contributed by atoms with Crippen LogP contribution >= 0.6 is 0 Å². The molecule has 2 aromatic heterocycles. The molecule has 11 heteroatoms. The number of aliphatic hydroxyl groups is 2. The topological polar surface area (TPSA) is 115 Å². The van der Waals surface area contributed by atoms with E-state index in [0.717, 1.165) is 0 Å². The van der Waals surface area contributed by atoms with Gasteiger partial charge in [-0.3, -0.25) is 4.57 Å². The molecule has 0 amide bonds. The lowest BCUT2D eigenvalue weighted by Crippen LogP contribution is -2.31. The molecule has 3 N–H and O–H groups in total. The molecule has 0 spiro atoms. The highest BCUT2D eigenvalue weighted by Crippen LogP contribution is 2.34. The van der Waals surface area contributed by atoms with E-state index in [1.807, 2.05) is 0 Å². The molecule has 32 heavy (non-hydrogen) atoms. The molecule has 0 radical (unpaired) electrons.